The van der Waals surface area contributed by atoms with Crippen LogP contribution in [-0.2, 0) is 6.42 Å². The van der Waals surface area contributed by atoms with E-state index in [0.717, 1.165) is 37.9 Å². The van der Waals surface area contributed by atoms with Gasteiger partial charge in [-0.2, -0.15) is 0 Å². The third-order valence-corrected chi connectivity index (χ3v) is 6.43. The van der Waals surface area contributed by atoms with E-state index < -0.39 is 0 Å². The van der Waals surface area contributed by atoms with Crippen LogP contribution in [0.15, 0.2) is 104 Å². The normalized spacial score (nSPS) is 11.5. The number of hydrogen-bond donors (Lipinski definition) is 0. The summed E-state index contributed by atoms with van der Waals surface area (Å²) in [6.45, 7) is 4.23. The molecule has 0 aliphatic heterocycles. The van der Waals surface area contributed by atoms with Crippen LogP contribution in [0.1, 0.15) is 33.4 Å². The van der Waals surface area contributed by atoms with E-state index in [-0.39, 0.29) is 0 Å². The second-order valence-electron chi connectivity index (χ2n) is 8.04. The fraction of sp³-hybridized carbons (Fsp3) is 0.103. The Morgan fingerprint density at radius 1 is 0.576 bits per heavy atom. The number of hydrogen-bond acceptors (Lipinski definition) is 2. The van der Waals surface area contributed by atoms with Gasteiger partial charge < -0.3 is 0 Å². The highest BCUT2D eigenvalue weighted by atomic mass is 79.9. The topological polar surface area (TPSA) is 24.7 Å². The molecule has 0 aromatic heterocycles. The molecular formula is C29H24Br2N2. The number of nitrogens with zero attached hydrogens (tertiary/aromatic N) is 2. The Morgan fingerprint density at radius 3 is 1.33 bits per heavy atom. The molecule has 33 heavy (non-hydrogen) atoms. The summed E-state index contributed by atoms with van der Waals surface area (Å²) in [6, 6.07) is 29.3. The zero-order valence-electron chi connectivity index (χ0n) is 18.6. The Bertz CT molecular complexity index is 1200. The Labute approximate surface area is 212 Å². The van der Waals surface area contributed by atoms with Crippen molar-refractivity contribution >= 4 is 55.7 Å². The summed E-state index contributed by atoms with van der Waals surface area (Å²) in [5.41, 5.74) is 9.06. The third kappa shape index (κ3) is 6.59. The maximum absolute atomic E-state index is 4.67. The van der Waals surface area contributed by atoms with Gasteiger partial charge in [0.05, 0.1) is 11.4 Å². The highest BCUT2D eigenvalue weighted by molar-refractivity contribution is 9.10. The van der Waals surface area contributed by atoms with Gasteiger partial charge in [-0.15, -0.1) is 0 Å². The molecule has 0 heterocycles. The first-order valence-electron chi connectivity index (χ1n) is 10.7. The Morgan fingerprint density at radius 2 is 0.970 bits per heavy atom. The smallest absolute Gasteiger partial charge is 0.0659 e. The predicted molar refractivity (Wildman–Crippen MR) is 148 cm³/mol. The summed E-state index contributed by atoms with van der Waals surface area (Å²) in [4.78, 5) is 9.34. The van der Waals surface area contributed by atoms with E-state index in [1.54, 1.807) is 0 Å². The van der Waals surface area contributed by atoms with Crippen LogP contribution in [0.5, 0.6) is 0 Å². The zero-order chi connectivity index (χ0) is 23.2. The molecule has 4 aromatic rings. The minimum Gasteiger partial charge on any atom is -0.256 e. The van der Waals surface area contributed by atoms with E-state index in [9.17, 15) is 0 Å². The van der Waals surface area contributed by atoms with E-state index in [0.29, 0.717) is 0 Å². The van der Waals surface area contributed by atoms with Crippen molar-refractivity contribution < 1.29 is 0 Å². The van der Waals surface area contributed by atoms with Gasteiger partial charge in [0.1, 0.15) is 0 Å². The molecule has 164 valence electrons. The summed E-state index contributed by atoms with van der Waals surface area (Å²) in [6.07, 6.45) is 4.70. The van der Waals surface area contributed by atoms with Gasteiger partial charge in [-0.25, -0.2) is 0 Å². The number of benzene rings is 4. The van der Waals surface area contributed by atoms with Gasteiger partial charge in [0, 0.05) is 21.4 Å². The highest BCUT2D eigenvalue weighted by Gasteiger charge is 2.04. The largest absolute Gasteiger partial charge is 0.256 e. The van der Waals surface area contributed by atoms with E-state index in [2.05, 4.69) is 92.1 Å². The van der Waals surface area contributed by atoms with E-state index in [1.165, 1.54) is 22.3 Å². The summed E-state index contributed by atoms with van der Waals surface area (Å²) >= 11 is 6.93. The summed E-state index contributed by atoms with van der Waals surface area (Å²) < 4.78 is 2.14. The molecular weight excluding hydrogens is 536 g/mol. The van der Waals surface area contributed by atoms with Crippen LogP contribution >= 0.6 is 31.9 Å². The average Bonchev–Trinajstić information content (AvgIpc) is 2.80. The number of halogens is 2. The molecule has 0 radical (unpaired) electrons. The van der Waals surface area contributed by atoms with Gasteiger partial charge in [-0.3, -0.25) is 9.98 Å². The molecule has 0 saturated carbocycles. The monoisotopic (exact) mass is 558 g/mol. The molecule has 0 amide bonds. The van der Waals surface area contributed by atoms with Crippen LogP contribution < -0.4 is 0 Å². The molecule has 0 unspecified atom stereocenters. The van der Waals surface area contributed by atoms with E-state index in [1.807, 2.05) is 61.0 Å². The van der Waals surface area contributed by atoms with Crippen molar-refractivity contribution in [2.24, 2.45) is 9.98 Å². The Hall–Kier alpha value is -2.82. The van der Waals surface area contributed by atoms with Crippen LogP contribution in [0, 0.1) is 13.8 Å². The lowest BCUT2D eigenvalue weighted by Crippen LogP contribution is -1.91. The molecule has 2 nitrogen and oxygen atoms in total. The second kappa shape index (κ2) is 10.9. The van der Waals surface area contributed by atoms with Crippen LogP contribution in [0.25, 0.3) is 0 Å². The number of rotatable bonds is 6. The number of aryl methyl sites for hydroxylation is 2. The predicted octanol–water partition coefficient (Wildman–Crippen LogP) is 8.92. The van der Waals surface area contributed by atoms with Crippen LogP contribution in [-0.4, -0.2) is 12.4 Å². The SMILES string of the molecule is Cc1cc(Cc2ccc(N=Cc3ccc(Br)cc3)c(C)c2)ccc1N=Cc1ccc(Br)cc1. The first kappa shape index (κ1) is 23.3. The standard InChI is InChI=1S/C29H24Br2N2/c1-20-15-24(7-13-28(20)32-18-22-3-9-26(30)10-4-22)17-25-8-14-29(21(2)16-25)33-19-23-5-11-27(31)12-6-23/h3-16,18-19H,17H2,1-2H3. The lowest BCUT2D eigenvalue weighted by Gasteiger charge is -2.08. The van der Waals surface area contributed by atoms with Gasteiger partial charge >= 0.3 is 0 Å². The van der Waals surface area contributed by atoms with Crippen molar-refractivity contribution in [2.45, 2.75) is 20.3 Å². The quantitative estimate of drug-likeness (QED) is 0.211. The molecule has 0 N–H and O–H groups in total. The Kier molecular flexibility index (Phi) is 7.69. The maximum atomic E-state index is 4.67. The van der Waals surface area contributed by atoms with Crippen molar-refractivity contribution in [2.75, 3.05) is 0 Å². The summed E-state index contributed by atoms with van der Waals surface area (Å²) in [5.74, 6) is 0. The second-order valence-corrected chi connectivity index (χ2v) is 9.87. The molecule has 0 atom stereocenters. The fourth-order valence-electron chi connectivity index (χ4n) is 3.57. The molecule has 0 aliphatic carbocycles. The Balaban J connectivity index is 1.44. The third-order valence-electron chi connectivity index (χ3n) is 5.38. The fourth-order valence-corrected chi connectivity index (χ4v) is 4.09. The zero-order valence-corrected chi connectivity index (χ0v) is 21.8. The average molecular weight is 560 g/mol. The van der Waals surface area contributed by atoms with Gasteiger partial charge in [-0.1, -0.05) is 80.4 Å². The van der Waals surface area contributed by atoms with Crippen LogP contribution in [0.2, 0.25) is 0 Å². The van der Waals surface area contributed by atoms with Crippen molar-refractivity contribution in [3.63, 3.8) is 0 Å². The molecule has 4 rings (SSSR count). The first-order valence-corrected chi connectivity index (χ1v) is 12.3. The molecule has 0 saturated heterocycles. The van der Waals surface area contributed by atoms with Crippen molar-refractivity contribution in [1.82, 2.24) is 0 Å². The summed E-state index contributed by atoms with van der Waals surface area (Å²) in [5, 5.41) is 0. The minimum atomic E-state index is 0.884. The van der Waals surface area contributed by atoms with Crippen molar-refractivity contribution in [1.29, 1.82) is 0 Å². The minimum absolute atomic E-state index is 0.884. The first-order chi connectivity index (χ1) is 16.0. The maximum Gasteiger partial charge on any atom is 0.0659 e. The highest BCUT2D eigenvalue weighted by Crippen LogP contribution is 2.25. The van der Waals surface area contributed by atoms with Gasteiger partial charge in [0.2, 0.25) is 0 Å². The van der Waals surface area contributed by atoms with E-state index >= 15 is 0 Å². The van der Waals surface area contributed by atoms with Crippen molar-refractivity contribution in [3.05, 3.63) is 127 Å². The molecule has 4 heteroatoms. The van der Waals surface area contributed by atoms with Crippen molar-refractivity contribution in [3.8, 4) is 0 Å². The molecule has 0 bridgehead atoms. The lowest BCUT2D eigenvalue weighted by molar-refractivity contribution is 1.17. The lowest BCUT2D eigenvalue weighted by atomic mass is 10.0. The molecule has 0 aliphatic rings. The van der Waals surface area contributed by atoms with Gasteiger partial charge in [0.15, 0.2) is 0 Å². The van der Waals surface area contributed by atoms with Gasteiger partial charge in [-0.05, 0) is 90.0 Å². The molecule has 0 fully saturated rings. The molecule has 0 spiro atoms. The van der Waals surface area contributed by atoms with Gasteiger partial charge in [0.25, 0.3) is 0 Å². The number of aliphatic imine (C=N–C) groups is 2. The summed E-state index contributed by atoms with van der Waals surface area (Å²) in [7, 11) is 0. The van der Waals surface area contributed by atoms with E-state index in [4.69, 9.17) is 0 Å². The molecule has 4 aromatic carbocycles. The van der Waals surface area contributed by atoms with Crippen LogP contribution in [0.4, 0.5) is 11.4 Å². The van der Waals surface area contributed by atoms with Crippen LogP contribution in [0.3, 0.4) is 0 Å².